The highest BCUT2D eigenvalue weighted by Crippen LogP contribution is 2.30. The van der Waals surface area contributed by atoms with E-state index in [-0.39, 0.29) is 0 Å². The molecule has 0 aliphatic rings. The second kappa shape index (κ2) is 5.42. The molecule has 0 fully saturated rings. The second-order valence-corrected chi connectivity index (χ2v) is 5.04. The zero-order chi connectivity index (χ0) is 14.8. The van der Waals surface area contributed by atoms with Crippen LogP contribution in [0.2, 0.25) is 0 Å². The normalized spacial score (nSPS) is 10.3. The molecule has 0 aliphatic carbocycles. The molecule has 0 aliphatic heterocycles. The van der Waals surface area contributed by atoms with Crippen LogP contribution < -0.4 is 4.74 Å². The van der Waals surface area contributed by atoms with Crippen LogP contribution in [0.3, 0.4) is 0 Å². The number of rotatable bonds is 3. The van der Waals surface area contributed by atoms with Gasteiger partial charge in [-0.15, -0.1) is 0 Å². The molecule has 1 aromatic carbocycles. The average molecular weight is 345 g/mol. The van der Waals surface area contributed by atoms with Crippen molar-refractivity contribution < 1.29 is 9.26 Å². The summed E-state index contributed by atoms with van der Waals surface area (Å²) < 4.78 is 11.2. The third-order valence-electron chi connectivity index (χ3n) is 2.89. The quantitative estimate of drug-likeness (QED) is 0.786. The Morgan fingerprint density at radius 1 is 1.33 bits per heavy atom. The molecule has 104 valence electrons. The molecule has 3 aromatic rings. The Bertz CT molecular complexity index is 832. The monoisotopic (exact) mass is 344 g/mol. The fourth-order valence-corrected chi connectivity index (χ4v) is 2.39. The Hall–Kier alpha value is -2.59. The molecule has 0 spiro atoms. The van der Waals surface area contributed by atoms with Gasteiger partial charge in [0.2, 0.25) is 5.82 Å². The summed E-state index contributed by atoms with van der Waals surface area (Å²) >= 11 is 3.42. The van der Waals surface area contributed by atoms with E-state index in [0.717, 1.165) is 15.8 Å². The molecule has 0 radical (unpaired) electrons. The van der Waals surface area contributed by atoms with Crippen LogP contribution in [0.5, 0.6) is 5.75 Å². The van der Waals surface area contributed by atoms with Crippen LogP contribution in [-0.2, 0) is 0 Å². The summed E-state index contributed by atoms with van der Waals surface area (Å²) in [5.74, 6) is 1.55. The van der Waals surface area contributed by atoms with E-state index in [9.17, 15) is 0 Å². The van der Waals surface area contributed by atoms with Crippen molar-refractivity contribution in [3.63, 3.8) is 0 Å². The molecule has 0 saturated heterocycles. The van der Waals surface area contributed by atoms with Gasteiger partial charge < -0.3 is 14.2 Å². The topological polar surface area (TPSA) is 87.7 Å². The van der Waals surface area contributed by atoms with Crippen molar-refractivity contribution in [2.24, 2.45) is 0 Å². The number of hydrogen-bond donors (Lipinski definition) is 1. The summed E-state index contributed by atoms with van der Waals surface area (Å²) in [6, 6.07) is 9.18. The van der Waals surface area contributed by atoms with Crippen molar-refractivity contribution in [2.75, 3.05) is 7.11 Å². The first-order chi connectivity index (χ1) is 10.2. The van der Waals surface area contributed by atoms with Gasteiger partial charge in [-0.3, -0.25) is 0 Å². The highest BCUT2D eigenvalue weighted by atomic mass is 79.9. The first kappa shape index (κ1) is 13.4. The van der Waals surface area contributed by atoms with Crippen LogP contribution in [-0.4, -0.2) is 22.2 Å². The van der Waals surface area contributed by atoms with Crippen molar-refractivity contribution in [3.8, 4) is 34.7 Å². The Morgan fingerprint density at radius 3 is 2.86 bits per heavy atom. The van der Waals surface area contributed by atoms with Crippen LogP contribution in [0.4, 0.5) is 0 Å². The summed E-state index contributed by atoms with van der Waals surface area (Å²) in [5, 5.41) is 12.7. The number of nitrogens with one attached hydrogen (secondary N) is 1. The SMILES string of the molecule is COc1ccc(-c2noc(-c3c[nH]c(C#N)c3)n2)cc1Br. The lowest BCUT2D eigenvalue weighted by Gasteiger charge is -2.03. The molecule has 0 unspecified atom stereocenters. The standard InChI is InChI=1S/C14H9BrN4O2/c1-20-12-3-2-8(5-11(12)15)13-18-14(21-19-13)9-4-10(6-16)17-7-9/h2-5,7,17H,1H3. The van der Waals surface area contributed by atoms with Crippen LogP contribution in [0.1, 0.15) is 5.69 Å². The smallest absolute Gasteiger partial charge is 0.259 e. The maximum absolute atomic E-state index is 8.80. The van der Waals surface area contributed by atoms with Crippen LogP contribution in [0.25, 0.3) is 22.8 Å². The van der Waals surface area contributed by atoms with E-state index in [0.29, 0.717) is 23.0 Å². The van der Waals surface area contributed by atoms with Gasteiger partial charge in [0.1, 0.15) is 17.5 Å². The van der Waals surface area contributed by atoms with E-state index < -0.39 is 0 Å². The van der Waals surface area contributed by atoms with Crippen LogP contribution in [0, 0.1) is 11.3 Å². The molecular formula is C14H9BrN4O2. The molecule has 3 rings (SSSR count). The average Bonchev–Trinajstić information content (AvgIpc) is 3.15. The van der Waals surface area contributed by atoms with E-state index in [1.165, 1.54) is 0 Å². The summed E-state index contributed by atoms with van der Waals surface area (Å²) in [7, 11) is 1.60. The molecule has 0 bridgehead atoms. The largest absolute Gasteiger partial charge is 0.496 e. The summed E-state index contributed by atoms with van der Waals surface area (Å²) in [5.41, 5.74) is 1.92. The van der Waals surface area contributed by atoms with Gasteiger partial charge in [-0.1, -0.05) is 5.16 Å². The fourth-order valence-electron chi connectivity index (χ4n) is 1.85. The van der Waals surface area contributed by atoms with Gasteiger partial charge >= 0.3 is 0 Å². The maximum atomic E-state index is 8.80. The Morgan fingerprint density at radius 2 is 2.19 bits per heavy atom. The van der Waals surface area contributed by atoms with Crippen molar-refractivity contribution in [3.05, 3.63) is 40.6 Å². The third kappa shape index (κ3) is 2.53. The number of hydrogen-bond acceptors (Lipinski definition) is 5. The van der Waals surface area contributed by atoms with Gasteiger partial charge in [0.15, 0.2) is 0 Å². The van der Waals surface area contributed by atoms with Gasteiger partial charge in [-0.25, -0.2) is 0 Å². The van der Waals surface area contributed by atoms with Crippen molar-refractivity contribution in [1.82, 2.24) is 15.1 Å². The maximum Gasteiger partial charge on any atom is 0.259 e. The van der Waals surface area contributed by atoms with Gasteiger partial charge in [-0.05, 0) is 40.2 Å². The summed E-state index contributed by atoms with van der Waals surface area (Å²) in [6.07, 6.45) is 1.65. The molecule has 6 nitrogen and oxygen atoms in total. The van der Waals surface area contributed by atoms with Gasteiger partial charge in [0, 0.05) is 11.8 Å². The van der Waals surface area contributed by atoms with E-state index in [1.54, 1.807) is 19.4 Å². The first-order valence-electron chi connectivity index (χ1n) is 5.98. The van der Waals surface area contributed by atoms with Gasteiger partial charge in [-0.2, -0.15) is 10.2 Å². The van der Waals surface area contributed by atoms with Crippen molar-refractivity contribution >= 4 is 15.9 Å². The highest BCUT2D eigenvalue weighted by Gasteiger charge is 2.13. The molecule has 1 N–H and O–H groups in total. The third-order valence-corrected chi connectivity index (χ3v) is 3.51. The molecule has 0 atom stereocenters. The molecule has 7 heteroatoms. The lowest BCUT2D eigenvalue weighted by Crippen LogP contribution is -1.86. The number of aromatic amines is 1. The van der Waals surface area contributed by atoms with Gasteiger partial charge in [0.05, 0.1) is 17.1 Å². The van der Waals surface area contributed by atoms with E-state index in [4.69, 9.17) is 14.5 Å². The van der Waals surface area contributed by atoms with E-state index >= 15 is 0 Å². The Kier molecular flexibility index (Phi) is 3.46. The minimum Gasteiger partial charge on any atom is -0.496 e. The van der Waals surface area contributed by atoms with Crippen molar-refractivity contribution in [1.29, 1.82) is 5.26 Å². The zero-order valence-corrected chi connectivity index (χ0v) is 12.5. The minimum atomic E-state index is 0.356. The number of nitriles is 1. The fraction of sp³-hybridized carbons (Fsp3) is 0.0714. The zero-order valence-electron chi connectivity index (χ0n) is 10.9. The van der Waals surface area contributed by atoms with E-state index in [1.807, 2.05) is 24.3 Å². The first-order valence-corrected chi connectivity index (χ1v) is 6.77. The lowest BCUT2D eigenvalue weighted by molar-refractivity contribution is 0.412. The number of aromatic nitrogens is 3. The van der Waals surface area contributed by atoms with Crippen LogP contribution >= 0.6 is 15.9 Å². The minimum absolute atomic E-state index is 0.356. The molecule has 2 aromatic heterocycles. The lowest BCUT2D eigenvalue weighted by atomic mass is 10.2. The number of nitrogens with zero attached hydrogens (tertiary/aromatic N) is 3. The molecular weight excluding hydrogens is 336 g/mol. The number of halogens is 1. The highest BCUT2D eigenvalue weighted by molar-refractivity contribution is 9.10. The number of ether oxygens (including phenoxy) is 1. The van der Waals surface area contributed by atoms with Crippen LogP contribution in [0.15, 0.2) is 39.5 Å². The summed E-state index contributed by atoms with van der Waals surface area (Å²) in [4.78, 5) is 7.14. The molecule has 0 saturated carbocycles. The Labute approximate surface area is 128 Å². The Balaban J connectivity index is 1.94. The molecule has 21 heavy (non-hydrogen) atoms. The number of benzene rings is 1. The molecule has 2 heterocycles. The second-order valence-electron chi connectivity index (χ2n) is 4.19. The van der Waals surface area contributed by atoms with Gasteiger partial charge in [0.25, 0.3) is 5.89 Å². The van der Waals surface area contributed by atoms with E-state index in [2.05, 4.69) is 31.1 Å². The molecule has 0 amide bonds. The predicted octanol–water partition coefficient (Wildman–Crippen LogP) is 3.37. The predicted molar refractivity (Wildman–Crippen MR) is 78.5 cm³/mol. The summed E-state index contributed by atoms with van der Waals surface area (Å²) in [6.45, 7) is 0. The number of methoxy groups -OCH3 is 1. The van der Waals surface area contributed by atoms with Crippen molar-refractivity contribution in [2.45, 2.75) is 0 Å². The number of H-pyrrole nitrogens is 1.